The van der Waals surface area contributed by atoms with E-state index in [2.05, 4.69) is 20.0 Å². The molecule has 0 N–H and O–H groups in total. The predicted molar refractivity (Wildman–Crippen MR) is 102 cm³/mol. The molecule has 1 aliphatic heterocycles. The van der Waals surface area contributed by atoms with Crippen molar-refractivity contribution in [2.45, 2.75) is 51.7 Å². The molecule has 3 aromatic rings. The molecule has 1 saturated heterocycles. The summed E-state index contributed by atoms with van der Waals surface area (Å²) in [5.41, 5.74) is 1.90. The summed E-state index contributed by atoms with van der Waals surface area (Å²) < 4.78 is 46.5. The molecule has 154 valence electrons. The zero-order valence-corrected chi connectivity index (χ0v) is 16.5. The minimum absolute atomic E-state index is 0.00947. The summed E-state index contributed by atoms with van der Waals surface area (Å²) in [6, 6.07) is 7.01. The average Bonchev–Trinajstić information content (AvgIpc) is 3.10. The van der Waals surface area contributed by atoms with Crippen LogP contribution in [0.1, 0.15) is 54.0 Å². The van der Waals surface area contributed by atoms with Gasteiger partial charge in [-0.15, -0.1) is 0 Å². The topological polar surface area (TPSA) is 55.1 Å². The summed E-state index contributed by atoms with van der Waals surface area (Å²) in [4.78, 5) is 11.0. The highest BCUT2D eigenvalue weighted by molar-refractivity contribution is 5.81. The summed E-state index contributed by atoms with van der Waals surface area (Å²) in [5, 5.41) is 4.05. The minimum Gasteiger partial charge on any atom is -0.336 e. The van der Waals surface area contributed by atoms with E-state index in [9.17, 15) is 13.2 Å². The SMILES string of the molecule is CCc1cc(C(F)(F)F)c2c([C@H]3CCCN(Cc4cccc(C)n4)C3)noc2n1. The molecule has 1 aliphatic rings. The van der Waals surface area contributed by atoms with E-state index in [1.165, 1.54) is 0 Å². The van der Waals surface area contributed by atoms with E-state index in [0.29, 0.717) is 30.9 Å². The lowest BCUT2D eigenvalue weighted by molar-refractivity contribution is -0.136. The van der Waals surface area contributed by atoms with E-state index in [1.54, 1.807) is 6.92 Å². The van der Waals surface area contributed by atoms with Crippen molar-refractivity contribution in [1.82, 2.24) is 20.0 Å². The van der Waals surface area contributed by atoms with Crippen LogP contribution in [-0.2, 0) is 19.1 Å². The molecule has 0 aromatic carbocycles. The van der Waals surface area contributed by atoms with Gasteiger partial charge in [0, 0.05) is 30.4 Å². The average molecular weight is 404 g/mol. The highest BCUT2D eigenvalue weighted by Gasteiger charge is 2.38. The number of nitrogens with zero attached hydrogens (tertiary/aromatic N) is 4. The van der Waals surface area contributed by atoms with Gasteiger partial charge in [0.2, 0.25) is 0 Å². The summed E-state index contributed by atoms with van der Waals surface area (Å²) >= 11 is 0. The van der Waals surface area contributed by atoms with E-state index >= 15 is 0 Å². The summed E-state index contributed by atoms with van der Waals surface area (Å²) in [5.74, 6) is -0.134. The number of rotatable bonds is 4. The third kappa shape index (κ3) is 4.12. The number of aryl methyl sites for hydroxylation is 2. The molecule has 0 saturated carbocycles. The van der Waals surface area contributed by atoms with Crippen LogP contribution < -0.4 is 0 Å². The van der Waals surface area contributed by atoms with E-state index in [4.69, 9.17) is 4.52 Å². The van der Waals surface area contributed by atoms with Crippen LogP contribution in [0.25, 0.3) is 11.1 Å². The molecule has 3 aromatic heterocycles. The first-order chi connectivity index (χ1) is 13.8. The summed E-state index contributed by atoms with van der Waals surface area (Å²) in [7, 11) is 0. The Labute approximate surface area is 166 Å². The first kappa shape index (κ1) is 19.8. The van der Waals surface area contributed by atoms with Gasteiger partial charge in [-0.2, -0.15) is 13.2 Å². The van der Waals surface area contributed by atoms with Gasteiger partial charge in [0.05, 0.1) is 22.3 Å². The van der Waals surface area contributed by atoms with Crippen molar-refractivity contribution in [1.29, 1.82) is 0 Å². The molecule has 1 atom stereocenters. The fourth-order valence-electron chi connectivity index (χ4n) is 4.05. The van der Waals surface area contributed by atoms with Gasteiger partial charge in [0.15, 0.2) is 0 Å². The molecule has 5 nitrogen and oxygen atoms in total. The molecule has 1 fully saturated rings. The van der Waals surface area contributed by atoms with Crippen LogP contribution in [0.2, 0.25) is 0 Å². The van der Waals surface area contributed by atoms with Crippen molar-refractivity contribution in [3.8, 4) is 0 Å². The van der Waals surface area contributed by atoms with E-state index in [0.717, 1.165) is 36.8 Å². The van der Waals surface area contributed by atoms with Crippen molar-refractivity contribution in [2.24, 2.45) is 0 Å². The van der Waals surface area contributed by atoms with Gasteiger partial charge in [-0.25, -0.2) is 4.98 Å². The monoisotopic (exact) mass is 404 g/mol. The smallest absolute Gasteiger partial charge is 0.336 e. The third-order valence-electron chi connectivity index (χ3n) is 5.42. The maximum absolute atomic E-state index is 13.7. The van der Waals surface area contributed by atoms with Crippen molar-refractivity contribution in [3.05, 3.63) is 52.6 Å². The molecule has 4 rings (SSSR count). The van der Waals surface area contributed by atoms with Crippen LogP contribution in [0, 0.1) is 6.92 Å². The van der Waals surface area contributed by atoms with Gasteiger partial charge in [-0.1, -0.05) is 18.1 Å². The van der Waals surface area contributed by atoms with E-state index < -0.39 is 11.7 Å². The lowest BCUT2D eigenvalue weighted by Crippen LogP contribution is -2.34. The second kappa shape index (κ2) is 7.74. The van der Waals surface area contributed by atoms with Crippen LogP contribution >= 0.6 is 0 Å². The molecule has 0 amide bonds. The molecular weight excluding hydrogens is 381 g/mol. The highest BCUT2D eigenvalue weighted by atomic mass is 19.4. The number of pyridine rings is 2. The number of piperidine rings is 1. The fourth-order valence-corrected chi connectivity index (χ4v) is 4.05. The van der Waals surface area contributed by atoms with Gasteiger partial charge in [0.25, 0.3) is 5.71 Å². The molecule has 0 aliphatic carbocycles. The summed E-state index contributed by atoms with van der Waals surface area (Å²) in [6.45, 7) is 5.87. The molecule has 4 heterocycles. The Morgan fingerprint density at radius 3 is 2.76 bits per heavy atom. The van der Waals surface area contributed by atoms with Gasteiger partial charge in [-0.05, 0) is 50.9 Å². The van der Waals surface area contributed by atoms with E-state index in [1.807, 2.05) is 25.1 Å². The minimum atomic E-state index is -4.48. The van der Waals surface area contributed by atoms with Gasteiger partial charge in [0.1, 0.15) is 0 Å². The number of hydrogen-bond acceptors (Lipinski definition) is 5. The Hall–Kier alpha value is -2.48. The maximum atomic E-state index is 13.7. The number of aromatic nitrogens is 3. The van der Waals surface area contributed by atoms with Crippen molar-refractivity contribution in [2.75, 3.05) is 13.1 Å². The van der Waals surface area contributed by atoms with Gasteiger partial charge in [-0.3, -0.25) is 9.88 Å². The van der Waals surface area contributed by atoms with Crippen LogP contribution in [-0.4, -0.2) is 33.1 Å². The van der Waals surface area contributed by atoms with Crippen LogP contribution in [0.5, 0.6) is 0 Å². The Balaban J connectivity index is 1.65. The number of halogens is 3. The van der Waals surface area contributed by atoms with E-state index in [-0.39, 0.29) is 17.0 Å². The number of likely N-dealkylation sites (tertiary alicyclic amines) is 1. The Morgan fingerprint density at radius 1 is 1.21 bits per heavy atom. The maximum Gasteiger partial charge on any atom is 0.417 e. The zero-order chi connectivity index (χ0) is 20.6. The number of hydrogen-bond donors (Lipinski definition) is 0. The Morgan fingerprint density at radius 2 is 2.03 bits per heavy atom. The van der Waals surface area contributed by atoms with Crippen LogP contribution in [0.15, 0.2) is 28.8 Å². The van der Waals surface area contributed by atoms with Gasteiger partial charge >= 0.3 is 6.18 Å². The molecular formula is C21H23F3N4O. The van der Waals surface area contributed by atoms with Crippen molar-refractivity contribution >= 4 is 11.1 Å². The largest absolute Gasteiger partial charge is 0.417 e. The quantitative estimate of drug-likeness (QED) is 0.620. The Bertz CT molecular complexity index is 1010. The molecule has 0 radical (unpaired) electrons. The Kier molecular flexibility index (Phi) is 5.29. The summed E-state index contributed by atoms with van der Waals surface area (Å²) in [6.07, 6.45) is -2.43. The normalized spacial score (nSPS) is 18.4. The second-order valence-corrected chi connectivity index (χ2v) is 7.61. The van der Waals surface area contributed by atoms with Gasteiger partial charge < -0.3 is 4.52 Å². The van der Waals surface area contributed by atoms with Crippen LogP contribution in [0.3, 0.4) is 0 Å². The molecule has 0 spiro atoms. The fraction of sp³-hybridized carbons (Fsp3) is 0.476. The zero-order valence-electron chi connectivity index (χ0n) is 16.5. The lowest BCUT2D eigenvalue weighted by atomic mass is 9.91. The highest BCUT2D eigenvalue weighted by Crippen LogP contribution is 2.40. The first-order valence-electron chi connectivity index (χ1n) is 9.86. The van der Waals surface area contributed by atoms with Crippen molar-refractivity contribution < 1.29 is 17.7 Å². The number of alkyl halides is 3. The molecule has 8 heteroatoms. The standard InChI is InChI=1S/C21H23F3N4O/c1-3-15-10-17(21(22,23)24)18-19(27-29-20(18)26-15)14-7-5-9-28(11-14)12-16-8-4-6-13(2)25-16/h4,6,8,10,14H,3,5,7,9,11-12H2,1-2H3/t14-/m0/s1. The molecule has 0 unspecified atom stereocenters. The molecule has 0 bridgehead atoms. The second-order valence-electron chi connectivity index (χ2n) is 7.61. The first-order valence-corrected chi connectivity index (χ1v) is 9.86. The third-order valence-corrected chi connectivity index (χ3v) is 5.42. The van der Waals surface area contributed by atoms with Crippen LogP contribution in [0.4, 0.5) is 13.2 Å². The lowest BCUT2D eigenvalue weighted by Gasteiger charge is -2.31. The molecule has 29 heavy (non-hydrogen) atoms. The van der Waals surface area contributed by atoms with Crippen molar-refractivity contribution in [3.63, 3.8) is 0 Å². The number of fused-ring (bicyclic) bond motifs is 1. The predicted octanol–water partition coefficient (Wildman–Crippen LogP) is 4.89.